The Balaban J connectivity index is 1.63. The average molecular weight is 403 g/mol. The zero-order chi connectivity index (χ0) is 17.8. The zero-order valence-electron chi connectivity index (χ0n) is 13.9. The number of nitrogens with zero attached hydrogens (tertiary/aromatic N) is 1. The summed E-state index contributed by atoms with van der Waals surface area (Å²) in [5.41, 5.74) is 2.72. The van der Waals surface area contributed by atoms with Gasteiger partial charge in [-0.3, -0.25) is 9.78 Å². The molecule has 0 radical (unpaired) electrons. The summed E-state index contributed by atoms with van der Waals surface area (Å²) in [4.78, 5) is 28.5. The van der Waals surface area contributed by atoms with Gasteiger partial charge < -0.3 is 10.1 Å². The van der Waals surface area contributed by atoms with Crippen molar-refractivity contribution in [3.63, 3.8) is 0 Å². The molecule has 1 aromatic heterocycles. The van der Waals surface area contributed by atoms with Gasteiger partial charge in [0.1, 0.15) is 0 Å². The lowest BCUT2D eigenvalue weighted by atomic mass is 9.87. The molecule has 2 aromatic rings. The number of carbonyl (C=O) groups is 2. The van der Waals surface area contributed by atoms with Crippen LogP contribution in [0.4, 0.5) is 0 Å². The van der Waals surface area contributed by atoms with Crippen molar-refractivity contribution in [3.05, 3.63) is 63.9 Å². The Hall–Kier alpha value is -2.21. The molecule has 1 aliphatic carbocycles. The molecule has 0 unspecified atom stereocenters. The molecule has 0 fully saturated rings. The maximum atomic E-state index is 12.4. The molecule has 0 aliphatic heterocycles. The van der Waals surface area contributed by atoms with Crippen LogP contribution in [0.25, 0.3) is 0 Å². The van der Waals surface area contributed by atoms with E-state index in [1.807, 2.05) is 18.2 Å². The molecule has 1 aliphatic rings. The topological polar surface area (TPSA) is 68.3 Å². The minimum Gasteiger partial charge on any atom is -0.449 e. The van der Waals surface area contributed by atoms with Crippen molar-refractivity contribution in [1.82, 2.24) is 10.3 Å². The van der Waals surface area contributed by atoms with Crippen LogP contribution in [0.2, 0.25) is 0 Å². The van der Waals surface area contributed by atoms with Crippen molar-refractivity contribution in [1.29, 1.82) is 0 Å². The lowest BCUT2D eigenvalue weighted by molar-refractivity contribution is -0.130. The van der Waals surface area contributed by atoms with E-state index in [1.165, 1.54) is 11.8 Å². The summed E-state index contributed by atoms with van der Waals surface area (Å²) in [7, 11) is 0. The molecule has 1 heterocycles. The number of rotatable bonds is 4. The number of hydrogen-bond acceptors (Lipinski definition) is 4. The number of halogens is 1. The van der Waals surface area contributed by atoms with Crippen molar-refractivity contribution in [3.8, 4) is 0 Å². The number of aryl methyl sites for hydroxylation is 1. The predicted octanol–water partition coefficient (Wildman–Crippen LogP) is 3.58. The molecule has 0 saturated heterocycles. The molecule has 130 valence electrons. The Bertz CT molecular complexity index is 794. The SMILES string of the molecule is C[C@@H](OC(=O)c1cncc(Br)c1)C(=O)N[C@H]1CCCc2ccccc21. The van der Waals surface area contributed by atoms with Gasteiger partial charge in [0.2, 0.25) is 0 Å². The smallest absolute Gasteiger partial charge is 0.340 e. The number of hydrogen-bond donors (Lipinski definition) is 1. The van der Waals surface area contributed by atoms with Gasteiger partial charge in [0.25, 0.3) is 5.91 Å². The Morgan fingerprint density at radius 1 is 1.32 bits per heavy atom. The van der Waals surface area contributed by atoms with Crippen molar-refractivity contribution >= 4 is 27.8 Å². The van der Waals surface area contributed by atoms with Gasteiger partial charge >= 0.3 is 5.97 Å². The van der Waals surface area contributed by atoms with Gasteiger partial charge in [-0.1, -0.05) is 24.3 Å². The second-order valence-corrected chi connectivity index (χ2v) is 7.01. The Labute approximate surface area is 154 Å². The molecule has 1 amide bonds. The molecular weight excluding hydrogens is 384 g/mol. The quantitative estimate of drug-likeness (QED) is 0.793. The van der Waals surface area contributed by atoms with E-state index in [1.54, 1.807) is 19.2 Å². The number of benzene rings is 1. The van der Waals surface area contributed by atoms with Gasteiger partial charge in [0, 0.05) is 16.9 Å². The van der Waals surface area contributed by atoms with E-state index in [4.69, 9.17) is 4.74 Å². The van der Waals surface area contributed by atoms with Crippen molar-refractivity contribution in [2.24, 2.45) is 0 Å². The highest BCUT2D eigenvalue weighted by Gasteiger charge is 2.25. The first-order valence-electron chi connectivity index (χ1n) is 8.24. The number of aromatic nitrogens is 1. The van der Waals surface area contributed by atoms with Crippen LogP contribution in [-0.4, -0.2) is 23.0 Å². The number of fused-ring (bicyclic) bond motifs is 1. The molecule has 2 atom stereocenters. The van der Waals surface area contributed by atoms with E-state index in [2.05, 4.69) is 32.3 Å². The third-order valence-corrected chi connectivity index (χ3v) is 4.71. The average Bonchev–Trinajstić information content (AvgIpc) is 2.62. The van der Waals surface area contributed by atoms with E-state index in [9.17, 15) is 9.59 Å². The normalized spacial score (nSPS) is 17.3. The molecule has 0 spiro atoms. The molecule has 5 nitrogen and oxygen atoms in total. The summed E-state index contributed by atoms with van der Waals surface area (Å²) in [6.07, 6.45) is 5.06. The van der Waals surface area contributed by atoms with Crippen molar-refractivity contribution < 1.29 is 14.3 Å². The Morgan fingerprint density at radius 3 is 2.92 bits per heavy atom. The van der Waals surface area contributed by atoms with Gasteiger partial charge in [-0.2, -0.15) is 0 Å². The fourth-order valence-electron chi connectivity index (χ4n) is 3.00. The first-order chi connectivity index (χ1) is 12.0. The van der Waals surface area contributed by atoms with Crippen LogP contribution >= 0.6 is 15.9 Å². The lowest BCUT2D eigenvalue weighted by Gasteiger charge is -2.27. The van der Waals surface area contributed by atoms with E-state index >= 15 is 0 Å². The maximum absolute atomic E-state index is 12.4. The predicted molar refractivity (Wildman–Crippen MR) is 97.1 cm³/mol. The standard InChI is InChI=1S/C19H19BrN2O3/c1-12(25-19(24)14-9-15(20)11-21-10-14)18(23)22-17-8-4-6-13-5-2-3-7-16(13)17/h2-3,5,7,9-12,17H,4,6,8H2,1H3,(H,22,23)/t12-,17+/m1/s1. The largest absolute Gasteiger partial charge is 0.449 e. The molecule has 0 saturated carbocycles. The van der Waals surface area contributed by atoms with Crippen LogP contribution < -0.4 is 5.32 Å². The summed E-state index contributed by atoms with van der Waals surface area (Å²) in [6, 6.07) is 9.70. The second kappa shape index (κ2) is 7.78. The maximum Gasteiger partial charge on any atom is 0.340 e. The van der Waals surface area contributed by atoms with Crippen LogP contribution in [0.1, 0.15) is 47.3 Å². The first-order valence-corrected chi connectivity index (χ1v) is 9.03. The molecular formula is C19H19BrN2O3. The summed E-state index contributed by atoms with van der Waals surface area (Å²) in [5.74, 6) is -0.862. The van der Waals surface area contributed by atoms with Gasteiger partial charge in [0.15, 0.2) is 6.10 Å². The highest BCUT2D eigenvalue weighted by molar-refractivity contribution is 9.10. The third-order valence-electron chi connectivity index (χ3n) is 4.28. The van der Waals surface area contributed by atoms with Gasteiger partial charge in [0.05, 0.1) is 11.6 Å². The number of nitrogens with one attached hydrogen (secondary N) is 1. The van der Waals surface area contributed by atoms with Crippen molar-refractivity contribution in [2.45, 2.75) is 38.3 Å². The van der Waals surface area contributed by atoms with E-state index < -0.39 is 12.1 Å². The van der Waals surface area contributed by atoms with Crippen LogP contribution in [0.15, 0.2) is 47.2 Å². The molecule has 0 bridgehead atoms. The second-order valence-electron chi connectivity index (χ2n) is 6.09. The highest BCUT2D eigenvalue weighted by atomic mass is 79.9. The van der Waals surface area contributed by atoms with Crippen LogP contribution in [-0.2, 0) is 16.0 Å². The molecule has 25 heavy (non-hydrogen) atoms. The summed E-state index contributed by atoms with van der Waals surface area (Å²) < 4.78 is 5.95. The van der Waals surface area contributed by atoms with Gasteiger partial charge in [-0.25, -0.2) is 4.79 Å². The van der Waals surface area contributed by atoms with Crippen LogP contribution in [0, 0.1) is 0 Å². The van der Waals surface area contributed by atoms with Crippen molar-refractivity contribution in [2.75, 3.05) is 0 Å². The fourth-order valence-corrected chi connectivity index (χ4v) is 3.36. The van der Waals surface area contributed by atoms with E-state index in [0.29, 0.717) is 10.0 Å². The van der Waals surface area contributed by atoms with Crippen LogP contribution in [0.3, 0.4) is 0 Å². The molecule has 3 rings (SSSR count). The molecule has 6 heteroatoms. The monoisotopic (exact) mass is 402 g/mol. The number of esters is 1. The molecule has 1 N–H and O–H groups in total. The van der Waals surface area contributed by atoms with E-state index in [0.717, 1.165) is 24.8 Å². The highest BCUT2D eigenvalue weighted by Crippen LogP contribution is 2.29. The Morgan fingerprint density at radius 2 is 2.12 bits per heavy atom. The zero-order valence-corrected chi connectivity index (χ0v) is 15.5. The number of amides is 1. The van der Waals surface area contributed by atoms with Gasteiger partial charge in [-0.15, -0.1) is 0 Å². The Kier molecular flexibility index (Phi) is 5.48. The van der Waals surface area contributed by atoms with E-state index in [-0.39, 0.29) is 11.9 Å². The minimum absolute atomic E-state index is 0.0360. The van der Waals surface area contributed by atoms with Gasteiger partial charge in [-0.05, 0) is 59.3 Å². The molecule has 1 aromatic carbocycles. The number of ether oxygens (including phenoxy) is 1. The summed E-state index contributed by atoms with van der Waals surface area (Å²) in [5, 5.41) is 3.00. The number of carbonyl (C=O) groups excluding carboxylic acids is 2. The summed E-state index contributed by atoms with van der Waals surface area (Å²) in [6.45, 7) is 1.58. The van der Waals surface area contributed by atoms with Crippen LogP contribution in [0.5, 0.6) is 0 Å². The number of pyridine rings is 1. The lowest BCUT2D eigenvalue weighted by Crippen LogP contribution is -2.39. The first kappa shape index (κ1) is 17.6. The summed E-state index contributed by atoms with van der Waals surface area (Å²) >= 11 is 3.26. The fraction of sp³-hybridized carbons (Fsp3) is 0.316. The minimum atomic E-state index is -0.874. The third kappa shape index (κ3) is 4.25.